The van der Waals surface area contributed by atoms with E-state index in [9.17, 15) is 9.59 Å². The fourth-order valence-electron chi connectivity index (χ4n) is 2.64. The van der Waals surface area contributed by atoms with E-state index in [-0.39, 0.29) is 31.4 Å². The van der Waals surface area contributed by atoms with E-state index in [1.165, 1.54) is 0 Å². The summed E-state index contributed by atoms with van der Waals surface area (Å²) in [4.78, 5) is 24.8. The Bertz CT molecular complexity index is 545. The molecule has 0 aromatic heterocycles. The first kappa shape index (κ1) is 16.1. The van der Waals surface area contributed by atoms with Crippen molar-refractivity contribution in [3.05, 3.63) is 24.3 Å². The van der Waals surface area contributed by atoms with E-state index in [1.807, 2.05) is 19.1 Å². The summed E-state index contributed by atoms with van der Waals surface area (Å²) in [7, 11) is 1.56. The number of likely N-dealkylation sites (tertiary alicyclic amines) is 1. The van der Waals surface area contributed by atoms with Crippen LogP contribution in [0.2, 0.25) is 0 Å². The summed E-state index contributed by atoms with van der Waals surface area (Å²) in [5, 5.41) is 9.09. The van der Waals surface area contributed by atoms with E-state index >= 15 is 0 Å². The van der Waals surface area contributed by atoms with E-state index in [0.717, 1.165) is 0 Å². The molecule has 1 aliphatic rings. The monoisotopic (exact) mass is 307 g/mol. The molecule has 1 amide bonds. The van der Waals surface area contributed by atoms with Gasteiger partial charge in [0.15, 0.2) is 11.5 Å². The van der Waals surface area contributed by atoms with Crippen LogP contribution in [0.1, 0.15) is 13.3 Å². The number of carboxylic acid groups (broad SMARTS) is 1. The van der Waals surface area contributed by atoms with Crippen molar-refractivity contribution in [1.29, 1.82) is 0 Å². The molecule has 1 fully saturated rings. The van der Waals surface area contributed by atoms with Crippen LogP contribution in [-0.4, -0.2) is 48.7 Å². The zero-order valence-corrected chi connectivity index (χ0v) is 12.8. The lowest BCUT2D eigenvalue weighted by Gasteiger charge is -2.16. The van der Waals surface area contributed by atoms with Crippen LogP contribution < -0.4 is 9.47 Å². The average molecular weight is 307 g/mol. The maximum atomic E-state index is 12.1. The molecule has 1 aromatic carbocycles. The van der Waals surface area contributed by atoms with Crippen molar-refractivity contribution < 1.29 is 24.2 Å². The molecule has 0 unspecified atom stereocenters. The largest absolute Gasteiger partial charge is 0.493 e. The normalized spacial score (nSPS) is 20.7. The summed E-state index contributed by atoms with van der Waals surface area (Å²) in [5.74, 6) is -0.194. The Morgan fingerprint density at radius 2 is 1.95 bits per heavy atom. The minimum absolute atomic E-state index is 0.0171. The van der Waals surface area contributed by atoms with E-state index < -0.39 is 11.9 Å². The van der Waals surface area contributed by atoms with Crippen LogP contribution in [0.5, 0.6) is 11.5 Å². The molecule has 0 radical (unpaired) electrons. The highest BCUT2D eigenvalue weighted by molar-refractivity contribution is 5.79. The number of ether oxygens (including phenoxy) is 2. The summed E-state index contributed by atoms with van der Waals surface area (Å²) in [6.45, 7) is 2.87. The first-order valence-corrected chi connectivity index (χ1v) is 7.29. The van der Waals surface area contributed by atoms with Crippen molar-refractivity contribution in [1.82, 2.24) is 4.90 Å². The number of nitrogens with zero attached hydrogens (tertiary/aromatic N) is 1. The summed E-state index contributed by atoms with van der Waals surface area (Å²) >= 11 is 0. The number of methoxy groups -OCH3 is 1. The number of carbonyl (C=O) groups is 2. The summed E-state index contributed by atoms with van der Waals surface area (Å²) < 4.78 is 10.7. The van der Waals surface area contributed by atoms with Gasteiger partial charge in [0.05, 0.1) is 26.1 Å². The van der Waals surface area contributed by atoms with Gasteiger partial charge in [0.25, 0.3) is 0 Å². The Balaban J connectivity index is 1.82. The lowest BCUT2D eigenvalue weighted by atomic mass is 9.99. The number of hydrogen-bond donors (Lipinski definition) is 1. The molecular formula is C16H21NO5. The van der Waals surface area contributed by atoms with Gasteiger partial charge in [0, 0.05) is 13.1 Å². The molecule has 2 rings (SSSR count). The van der Waals surface area contributed by atoms with Gasteiger partial charge in [-0.25, -0.2) is 0 Å². The lowest BCUT2D eigenvalue weighted by Crippen LogP contribution is -2.30. The lowest BCUT2D eigenvalue weighted by molar-refractivity contribution is -0.142. The summed E-state index contributed by atoms with van der Waals surface area (Å²) in [6.07, 6.45) is 0.219. The van der Waals surface area contributed by atoms with Crippen LogP contribution in [0.3, 0.4) is 0 Å². The molecule has 6 nitrogen and oxygen atoms in total. The van der Waals surface area contributed by atoms with Gasteiger partial charge >= 0.3 is 5.97 Å². The van der Waals surface area contributed by atoms with Gasteiger partial charge in [-0.15, -0.1) is 0 Å². The van der Waals surface area contributed by atoms with Crippen molar-refractivity contribution in [2.45, 2.75) is 13.3 Å². The predicted molar refractivity (Wildman–Crippen MR) is 80.0 cm³/mol. The predicted octanol–water partition coefficient (Wildman–Crippen LogP) is 1.64. The first-order valence-electron chi connectivity index (χ1n) is 7.29. The SMILES string of the molecule is COc1ccccc1OCCC(=O)N1C[C@@H](C)[C@H](C(=O)O)C1. The Morgan fingerprint density at radius 3 is 2.55 bits per heavy atom. The van der Waals surface area contributed by atoms with Crippen molar-refractivity contribution >= 4 is 11.9 Å². The highest BCUT2D eigenvalue weighted by Crippen LogP contribution is 2.26. The van der Waals surface area contributed by atoms with E-state index in [4.69, 9.17) is 14.6 Å². The third-order valence-electron chi connectivity index (χ3n) is 3.92. The molecule has 0 aliphatic carbocycles. The number of hydrogen-bond acceptors (Lipinski definition) is 4. The van der Waals surface area contributed by atoms with Crippen molar-refractivity contribution in [2.75, 3.05) is 26.8 Å². The topological polar surface area (TPSA) is 76.1 Å². The zero-order chi connectivity index (χ0) is 16.1. The van der Waals surface area contributed by atoms with Gasteiger partial charge in [-0.3, -0.25) is 9.59 Å². The standard InChI is InChI=1S/C16H21NO5/c1-11-9-17(10-12(11)16(19)20)15(18)7-8-22-14-6-4-3-5-13(14)21-2/h3-6,11-12H,7-10H2,1-2H3,(H,19,20)/t11-,12-/m1/s1. The highest BCUT2D eigenvalue weighted by Gasteiger charge is 2.36. The number of rotatable bonds is 6. The average Bonchev–Trinajstić information content (AvgIpc) is 2.90. The van der Waals surface area contributed by atoms with Crippen molar-refractivity contribution in [3.8, 4) is 11.5 Å². The van der Waals surface area contributed by atoms with Gasteiger partial charge in [-0.1, -0.05) is 19.1 Å². The molecule has 0 bridgehead atoms. The van der Waals surface area contributed by atoms with Crippen LogP contribution in [0, 0.1) is 11.8 Å². The Morgan fingerprint density at radius 1 is 1.27 bits per heavy atom. The van der Waals surface area contributed by atoms with E-state index in [0.29, 0.717) is 18.0 Å². The number of para-hydroxylation sites is 2. The first-order chi connectivity index (χ1) is 10.5. The van der Waals surface area contributed by atoms with Crippen LogP contribution in [-0.2, 0) is 9.59 Å². The minimum atomic E-state index is -0.840. The smallest absolute Gasteiger partial charge is 0.308 e. The summed E-state index contributed by atoms with van der Waals surface area (Å²) in [6, 6.07) is 7.24. The zero-order valence-electron chi connectivity index (χ0n) is 12.8. The molecule has 120 valence electrons. The van der Waals surface area contributed by atoms with Gasteiger partial charge in [-0.05, 0) is 18.1 Å². The Hall–Kier alpha value is -2.24. The number of aliphatic carboxylic acids is 1. The van der Waals surface area contributed by atoms with Gasteiger partial charge < -0.3 is 19.5 Å². The molecule has 0 saturated carbocycles. The molecular weight excluding hydrogens is 286 g/mol. The molecule has 1 aliphatic heterocycles. The molecule has 0 spiro atoms. The molecule has 6 heteroatoms. The fraction of sp³-hybridized carbons (Fsp3) is 0.500. The van der Waals surface area contributed by atoms with Gasteiger partial charge in [0.1, 0.15) is 0 Å². The Labute approximate surface area is 129 Å². The van der Waals surface area contributed by atoms with Crippen LogP contribution in [0.15, 0.2) is 24.3 Å². The second-order valence-electron chi connectivity index (χ2n) is 5.47. The highest BCUT2D eigenvalue weighted by atomic mass is 16.5. The molecule has 1 aromatic rings. The van der Waals surface area contributed by atoms with Crippen LogP contribution in [0.4, 0.5) is 0 Å². The number of benzene rings is 1. The molecule has 1 N–H and O–H groups in total. The molecule has 1 saturated heterocycles. The van der Waals surface area contributed by atoms with Crippen molar-refractivity contribution in [3.63, 3.8) is 0 Å². The summed E-state index contributed by atoms with van der Waals surface area (Å²) in [5.41, 5.74) is 0. The van der Waals surface area contributed by atoms with Gasteiger partial charge in [-0.2, -0.15) is 0 Å². The number of amides is 1. The maximum Gasteiger partial charge on any atom is 0.308 e. The van der Waals surface area contributed by atoms with Crippen LogP contribution in [0.25, 0.3) is 0 Å². The van der Waals surface area contributed by atoms with E-state index in [2.05, 4.69) is 0 Å². The van der Waals surface area contributed by atoms with Gasteiger partial charge in [0.2, 0.25) is 5.91 Å². The molecule has 22 heavy (non-hydrogen) atoms. The fourth-order valence-corrected chi connectivity index (χ4v) is 2.64. The molecule has 2 atom stereocenters. The minimum Gasteiger partial charge on any atom is -0.493 e. The second kappa shape index (κ2) is 7.15. The second-order valence-corrected chi connectivity index (χ2v) is 5.47. The quantitative estimate of drug-likeness (QED) is 0.864. The van der Waals surface area contributed by atoms with E-state index in [1.54, 1.807) is 24.1 Å². The Kier molecular flexibility index (Phi) is 5.25. The third-order valence-corrected chi connectivity index (χ3v) is 3.92. The number of carboxylic acids is 1. The number of carbonyl (C=O) groups excluding carboxylic acids is 1. The van der Waals surface area contributed by atoms with Crippen molar-refractivity contribution in [2.24, 2.45) is 11.8 Å². The third kappa shape index (κ3) is 3.69. The molecule has 1 heterocycles. The maximum absolute atomic E-state index is 12.1. The van der Waals surface area contributed by atoms with Crippen LogP contribution >= 0.6 is 0 Å².